The Bertz CT molecular complexity index is 756. The molecular weight excluding hydrogens is 306 g/mol. The van der Waals surface area contributed by atoms with Crippen molar-refractivity contribution in [3.8, 4) is 5.75 Å². The number of hydrogen-bond donors (Lipinski definition) is 1. The number of nitrogens with zero attached hydrogens (tertiary/aromatic N) is 3. The highest BCUT2D eigenvalue weighted by Crippen LogP contribution is 2.30. The van der Waals surface area contributed by atoms with Crippen molar-refractivity contribution in [2.45, 2.75) is 32.5 Å². The number of amides is 1. The van der Waals surface area contributed by atoms with E-state index in [1.807, 2.05) is 35.4 Å². The molecule has 0 saturated carbocycles. The molecule has 1 N–H and O–H groups in total. The number of rotatable bonds is 3. The average Bonchev–Trinajstić information content (AvgIpc) is 3.09. The Hall–Kier alpha value is -2.34. The van der Waals surface area contributed by atoms with Gasteiger partial charge in [-0.1, -0.05) is 18.2 Å². The smallest absolute Gasteiger partial charge is 0.226 e. The summed E-state index contributed by atoms with van der Waals surface area (Å²) < 4.78 is 7.58. The quantitative estimate of drug-likeness (QED) is 0.924. The van der Waals surface area contributed by atoms with Crippen LogP contribution in [-0.4, -0.2) is 38.9 Å². The third-order valence-corrected chi connectivity index (χ3v) is 4.87. The number of benzene rings is 1. The van der Waals surface area contributed by atoms with Crippen LogP contribution in [0.5, 0.6) is 5.75 Å². The summed E-state index contributed by atoms with van der Waals surface area (Å²) in [7, 11) is 0. The summed E-state index contributed by atoms with van der Waals surface area (Å²) in [4.78, 5) is 14.9. The predicted octanol–water partition coefficient (Wildman–Crippen LogP) is 1.36. The summed E-state index contributed by atoms with van der Waals surface area (Å²) >= 11 is 0. The van der Waals surface area contributed by atoms with E-state index in [1.54, 1.807) is 4.68 Å². The summed E-state index contributed by atoms with van der Waals surface area (Å²) in [5.41, 5.74) is 3.24. The third-order valence-electron chi connectivity index (χ3n) is 4.87. The number of aromatic nitrogens is 2. The van der Waals surface area contributed by atoms with Crippen molar-refractivity contribution in [2.75, 3.05) is 13.2 Å². The molecule has 1 aromatic heterocycles. The van der Waals surface area contributed by atoms with Gasteiger partial charge in [-0.2, -0.15) is 5.10 Å². The molecule has 2 aromatic rings. The van der Waals surface area contributed by atoms with E-state index in [4.69, 9.17) is 9.84 Å². The van der Waals surface area contributed by atoms with Crippen molar-refractivity contribution in [3.63, 3.8) is 0 Å². The number of ether oxygens (including phenoxy) is 1. The number of hydrogen-bond acceptors (Lipinski definition) is 4. The molecule has 0 bridgehead atoms. The van der Waals surface area contributed by atoms with Gasteiger partial charge in [-0.3, -0.25) is 9.48 Å². The number of fused-ring (bicyclic) bond motifs is 2. The molecule has 0 spiro atoms. The maximum atomic E-state index is 13.0. The lowest BCUT2D eigenvalue weighted by molar-refractivity contribution is -0.136. The van der Waals surface area contributed by atoms with Crippen LogP contribution in [0.2, 0.25) is 0 Å². The van der Waals surface area contributed by atoms with Gasteiger partial charge < -0.3 is 14.7 Å². The minimum Gasteiger partial charge on any atom is -0.493 e. The molecule has 24 heavy (non-hydrogen) atoms. The zero-order chi connectivity index (χ0) is 16.5. The monoisotopic (exact) mass is 327 g/mol. The molecule has 126 valence electrons. The molecule has 0 radical (unpaired) electrons. The molecule has 0 saturated heterocycles. The second-order valence-electron chi connectivity index (χ2n) is 6.40. The summed E-state index contributed by atoms with van der Waals surface area (Å²) in [5.74, 6) is 1.04. The van der Waals surface area contributed by atoms with Crippen LogP contribution in [0.1, 0.15) is 23.2 Å². The normalized spacial score (nSPS) is 19.4. The number of aliphatic hydroxyl groups excluding tert-OH is 1. The summed E-state index contributed by atoms with van der Waals surface area (Å²) in [6.45, 7) is 2.29. The van der Waals surface area contributed by atoms with Crippen LogP contribution in [0.15, 0.2) is 30.5 Å². The second-order valence-corrected chi connectivity index (χ2v) is 6.40. The number of carbonyl (C=O) groups is 1. The first-order chi connectivity index (χ1) is 11.8. The summed E-state index contributed by atoms with van der Waals surface area (Å²) in [5, 5.41) is 13.4. The maximum Gasteiger partial charge on any atom is 0.226 e. The average molecular weight is 327 g/mol. The largest absolute Gasteiger partial charge is 0.493 e. The van der Waals surface area contributed by atoms with Crippen molar-refractivity contribution in [1.29, 1.82) is 0 Å². The lowest BCUT2D eigenvalue weighted by Crippen LogP contribution is -2.34. The molecule has 6 heteroatoms. The van der Waals surface area contributed by atoms with Gasteiger partial charge in [-0.25, -0.2) is 0 Å². The zero-order valence-corrected chi connectivity index (χ0v) is 13.5. The first-order valence-corrected chi connectivity index (χ1v) is 8.40. The standard InChI is InChI=1S/C18H21N3O3/c22-7-6-21-16-12-20(11-15(16)10-19-21)18(23)14-5-8-24-17-4-2-1-3-13(17)9-14/h1-4,10,14,22H,5-9,11-12H2/t14-/m0/s1. The SMILES string of the molecule is O=C([C@H]1CCOc2ccccc2C1)N1Cc2cnn(CCO)c2C1. The van der Waals surface area contributed by atoms with Gasteiger partial charge in [0.15, 0.2) is 0 Å². The fourth-order valence-electron chi connectivity index (χ4n) is 3.61. The first-order valence-electron chi connectivity index (χ1n) is 8.40. The molecule has 2 aliphatic rings. The fourth-order valence-corrected chi connectivity index (χ4v) is 3.61. The van der Waals surface area contributed by atoms with E-state index >= 15 is 0 Å². The Morgan fingerprint density at radius 1 is 1.29 bits per heavy atom. The Morgan fingerprint density at radius 2 is 2.17 bits per heavy atom. The molecule has 2 aliphatic heterocycles. The minimum atomic E-state index is -0.0445. The van der Waals surface area contributed by atoms with Crippen molar-refractivity contribution in [2.24, 2.45) is 5.92 Å². The molecule has 3 heterocycles. The van der Waals surface area contributed by atoms with Crippen LogP contribution in [0.4, 0.5) is 0 Å². The molecule has 0 unspecified atom stereocenters. The van der Waals surface area contributed by atoms with Gasteiger partial charge in [0, 0.05) is 18.0 Å². The van der Waals surface area contributed by atoms with Crippen molar-refractivity contribution < 1.29 is 14.6 Å². The van der Waals surface area contributed by atoms with E-state index in [-0.39, 0.29) is 18.4 Å². The highest BCUT2D eigenvalue weighted by molar-refractivity contribution is 5.80. The molecule has 1 atom stereocenters. The van der Waals surface area contributed by atoms with Crippen molar-refractivity contribution in [3.05, 3.63) is 47.3 Å². The van der Waals surface area contributed by atoms with Gasteiger partial charge in [0.25, 0.3) is 0 Å². The molecule has 4 rings (SSSR count). The van der Waals surface area contributed by atoms with E-state index in [1.165, 1.54) is 0 Å². The van der Waals surface area contributed by atoms with Crippen LogP contribution >= 0.6 is 0 Å². The van der Waals surface area contributed by atoms with Crippen LogP contribution in [0, 0.1) is 5.92 Å². The lowest BCUT2D eigenvalue weighted by Gasteiger charge is -2.22. The first kappa shape index (κ1) is 15.2. The highest BCUT2D eigenvalue weighted by atomic mass is 16.5. The molecule has 6 nitrogen and oxygen atoms in total. The Balaban J connectivity index is 1.49. The molecule has 1 aromatic carbocycles. The summed E-state index contributed by atoms with van der Waals surface area (Å²) in [6.07, 6.45) is 3.28. The molecule has 0 fully saturated rings. The molecule has 0 aliphatic carbocycles. The van der Waals surface area contributed by atoms with E-state index in [0.29, 0.717) is 26.2 Å². The zero-order valence-electron chi connectivity index (χ0n) is 13.5. The van der Waals surface area contributed by atoms with E-state index in [9.17, 15) is 4.79 Å². The van der Waals surface area contributed by atoms with Gasteiger partial charge in [0.1, 0.15) is 5.75 Å². The molecular formula is C18H21N3O3. The van der Waals surface area contributed by atoms with Gasteiger partial charge in [-0.15, -0.1) is 0 Å². The lowest BCUT2D eigenvalue weighted by atomic mass is 9.95. The number of para-hydroxylation sites is 1. The fraction of sp³-hybridized carbons (Fsp3) is 0.444. The predicted molar refractivity (Wildman–Crippen MR) is 87.3 cm³/mol. The third kappa shape index (κ3) is 2.67. The Morgan fingerprint density at radius 3 is 3.04 bits per heavy atom. The minimum absolute atomic E-state index is 0.0445. The molecule has 1 amide bonds. The van der Waals surface area contributed by atoms with Crippen molar-refractivity contribution >= 4 is 5.91 Å². The number of carbonyl (C=O) groups excluding carboxylic acids is 1. The van der Waals surface area contributed by atoms with Crippen molar-refractivity contribution in [1.82, 2.24) is 14.7 Å². The number of aliphatic hydroxyl groups is 1. The van der Waals surface area contributed by atoms with Crippen LogP contribution in [0.3, 0.4) is 0 Å². The van der Waals surface area contributed by atoms with E-state index in [0.717, 1.165) is 35.4 Å². The topological polar surface area (TPSA) is 67.6 Å². The Labute approximate surface area is 140 Å². The highest BCUT2D eigenvalue weighted by Gasteiger charge is 2.32. The maximum absolute atomic E-state index is 13.0. The van der Waals surface area contributed by atoms with E-state index in [2.05, 4.69) is 5.10 Å². The Kier molecular flexibility index (Phi) is 3.98. The van der Waals surface area contributed by atoms with E-state index < -0.39 is 0 Å². The summed E-state index contributed by atoms with van der Waals surface area (Å²) in [6, 6.07) is 7.96. The van der Waals surface area contributed by atoms with Crippen LogP contribution in [0.25, 0.3) is 0 Å². The van der Waals surface area contributed by atoms with Crippen LogP contribution < -0.4 is 4.74 Å². The van der Waals surface area contributed by atoms with Gasteiger partial charge >= 0.3 is 0 Å². The van der Waals surface area contributed by atoms with Gasteiger partial charge in [0.2, 0.25) is 5.91 Å². The van der Waals surface area contributed by atoms with Gasteiger partial charge in [0.05, 0.1) is 38.2 Å². The second kappa shape index (κ2) is 6.28. The van der Waals surface area contributed by atoms with Crippen LogP contribution in [-0.2, 0) is 30.8 Å². The van der Waals surface area contributed by atoms with Gasteiger partial charge in [-0.05, 0) is 24.5 Å².